The van der Waals surface area contributed by atoms with Gasteiger partial charge in [0.15, 0.2) is 0 Å². The second-order valence-corrected chi connectivity index (χ2v) is 4.91. The van der Waals surface area contributed by atoms with Crippen LogP contribution >= 0.6 is 15.9 Å². The summed E-state index contributed by atoms with van der Waals surface area (Å²) in [6, 6.07) is 3.14. The van der Waals surface area contributed by atoms with Crippen molar-refractivity contribution in [3.8, 4) is 0 Å². The van der Waals surface area contributed by atoms with Gasteiger partial charge < -0.3 is 10.4 Å². The molecule has 2 N–H and O–H groups in total. The minimum absolute atomic E-state index is 0.0298. The number of nitrogens with one attached hydrogen (secondary N) is 1. The predicted molar refractivity (Wildman–Crippen MR) is 68.8 cm³/mol. The summed E-state index contributed by atoms with van der Waals surface area (Å²) in [5.41, 5.74) is 1.61. The summed E-state index contributed by atoms with van der Waals surface area (Å²) in [6.07, 6.45) is 0.652. The first-order chi connectivity index (χ1) is 7.90. The minimum Gasteiger partial charge on any atom is -0.481 e. The molecular weight excluding hydrogens is 289 g/mol. The Morgan fingerprint density at radius 2 is 2.24 bits per heavy atom. The normalized spacial score (nSPS) is 12.2. The van der Waals surface area contributed by atoms with Crippen molar-refractivity contribution in [2.24, 2.45) is 0 Å². The zero-order valence-electron chi connectivity index (χ0n) is 9.76. The molecule has 5 heteroatoms. The van der Waals surface area contributed by atoms with Crippen LogP contribution in [0.15, 0.2) is 16.6 Å². The fourth-order valence-electron chi connectivity index (χ4n) is 1.48. The van der Waals surface area contributed by atoms with Gasteiger partial charge in [0, 0.05) is 18.2 Å². The monoisotopic (exact) mass is 303 g/mol. The van der Waals surface area contributed by atoms with Gasteiger partial charge in [0.1, 0.15) is 5.82 Å². The number of benzene rings is 1. The van der Waals surface area contributed by atoms with Crippen molar-refractivity contribution >= 4 is 27.6 Å². The molecule has 0 aromatic heterocycles. The third-order valence-electron chi connectivity index (χ3n) is 2.46. The molecule has 17 heavy (non-hydrogen) atoms. The van der Waals surface area contributed by atoms with Crippen molar-refractivity contribution in [1.82, 2.24) is 0 Å². The molecule has 0 bridgehead atoms. The highest BCUT2D eigenvalue weighted by atomic mass is 79.9. The van der Waals surface area contributed by atoms with E-state index in [0.717, 1.165) is 11.3 Å². The van der Waals surface area contributed by atoms with Gasteiger partial charge in [0.05, 0.1) is 4.47 Å². The Morgan fingerprint density at radius 1 is 1.59 bits per heavy atom. The molecule has 94 valence electrons. The maximum Gasteiger partial charge on any atom is 0.303 e. The zero-order chi connectivity index (χ0) is 13.0. The molecule has 1 atom stereocenters. The van der Waals surface area contributed by atoms with Gasteiger partial charge in [-0.1, -0.05) is 0 Å². The number of aliphatic carboxylic acids is 1. The second kappa shape index (κ2) is 6.00. The third kappa shape index (κ3) is 4.34. The fraction of sp³-hybridized carbons (Fsp3) is 0.417. The van der Waals surface area contributed by atoms with E-state index in [1.165, 1.54) is 6.07 Å². The van der Waals surface area contributed by atoms with Gasteiger partial charge in [-0.25, -0.2) is 4.39 Å². The van der Waals surface area contributed by atoms with Gasteiger partial charge in [-0.05, 0) is 53.9 Å². The Kier molecular flexibility index (Phi) is 4.93. The first kappa shape index (κ1) is 14.0. The lowest BCUT2D eigenvalue weighted by atomic mass is 10.1. The summed E-state index contributed by atoms with van der Waals surface area (Å²) < 4.78 is 13.6. The fourth-order valence-corrected chi connectivity index (χ4v) is 1.82. The lowest BCUT2D eigenvalue weighted by Gasteiger charge is -2.16. The van der Waals surface area contributed by atoms with Gasteiger partial charge in [-0.2, -0.15) is 0 Å². The summed E-state index contributed by atoms with van der Waals surface area (Å²) in [5, 5.41) is 11.8. The predicted octanol–water partition coefficient (Wildman–Crippen LogP) is 3.56. The molecule has 0 aliphatic carbocycles. The summed E-state index contributed by atoms with van der Waals surface area (Å²) >= 11 is 3.12. The molecule has 0 amide bonds. The number of hydrogen-bond acceptors (Lipinski definition) is 2. The average Bonchev–Trinajstić information content (AvgIpc) is 2.23. The molecule has 1 aromatic rings. The Labute approximate surface area is 108 Å². The van der Waals surface area contributed by atoms with Crippen LogP contribution in [0.25, 0.3) is 0 Å². The SMILES string of the molecule is Cc1cc(F)c(Br)cc1NC(C)CCC(=O)O. The van der Waals surface area contributed by atoms with Crippen molar-refractivity contribution in [2.75, 3.05) is 5.32 Å². The number of aryl methyl sites for hydroxylation is 1. The van der Waals surface area contributed by atoms with Gasteiger partial charge in [0.25, 0.3) is 0 Å². The number of carboxylic acid groups (broad SMARTS) is 1. The van der Waals surface area contributed by atoms with Crippen molar-refractivity contribution in [3.63, 3.8) is 0 Å². The van der Waals surface area contributed by atoms with Crippen molar-refractivity contribution in [1.29, 1.82) is 0 Å². The molecule has 1 unspecified atom stereocenters. The lowest BCUT2D eigenvalue weighted by Crippen LogP contribution is -2.17. The van der Waals surface area contributed by atoms with E-state index in [-0.39, 0.29) is 18.3 Å². The van der Waals surface area contributed by atoms with E-state index < -0.39 is 5.97 Å². The molecule has 3 nitrogen and oxygen atoms in total. The highest BCUT2D eigenvalue weighted by molar-refractivity contribution is 9.10. The van der Waals surface area contributed by atoms with E-state index in [0.29, 0.717) is 10.9 Å². The van der Waals surface area contributed by atoms with Crippen LogP contribution in [0, 0.1) is 12.7 Å². The Balaban J connectivity index is 2.68. The topological polar surface area (TPSA) is 49.3 Å². The van der Waals surface area contributed by atoms with Crippen LogP contribution in [0.5, 0.6) is 0 Å². The molecule has 0 aliphatic heterocycles. The Bertz CT molecular complexity index is 423. The number of carboxylic acids is 1. The molecule has 0 saturated heterocycles. The van der Waals surface area contributed by atoms with E-state index in [2.05, 4.69) is 21.2 Å². The highest BCUT2D eigenvalue weighted by Crippen LogP contribution is 2.25. The van der Waals surface area contributed by atoms with E-state index in [1.54, 1.807) is 6.07 Å². The van der Waals surface area contributed by atoms with Crippen LogP contribution in [-0.4, -0.2) is 17.1 Å². The molecule has 1 aromatic carbocycles. The molecule has 0 radical (unpaired) electrons. The maximum atomic E-state index is 13.2. The summed E-state index contributed by atoms with van der Waals surface area (Å²) in [5.74, 6) is -1.11. The van der Waals surface area contributed by atoms with Gasteiger partial charge in [0.2, 0.25) is 0 Å². The van der Waals surface area contributed by atoms with Gasteiger partial charge in [-0.3, -0.25) is 4.79 Å². The minimum atomic E-state index is -0.810. The molecule has 0 spiro atoms. The zero-order valence-corrected chi connectivity index (χ0v) is 11.3. The van der Waals surface area contributed by atoms with E-state index in [4.69, 9.17) is 5.11 Å². The van der Waals surface area contributed by atoms with Gasteiger partial charge in [-0.15, -0.1) is 0 Å². The van der Waals surface area contributed by atoms with E-state index in [9.17, 15) is 9.18 Å². The lowest BCUT2D eigenvalue weighted by molar-refractivity contribution is -0.137. The van der Waals surface area contributed by atoms with Crippen LogP contribution in [0.3, 0.4) is 0 Å². The van der Waals surface area contributed by atoms with Crippen molar-refractivity contribution in [3.05, 3.63) is 28.0 Å². The molecule has 0 fully saturated rings. The smallest absolute Gasteiger partial charge is 0.303 e. The standard InChI is InChI=1S/C12H15BrFNO2/c1-7-5-10(14)9(13)6-11(7)15-8(2)3-4-12(16)17/h5-6,8,15H,3-4H2,1-2H3,(H,16,17). The maximum absolute atomic E-state index is 13.2. The van der Waals surface area contributed by atoms with Crippen molar-refractivity contribution in [2.45, 2.75) is 32.7 Å². The van der Waals surface area contributed by atoms with Crippen molar-refractivity contribution < 1.29 is 14.3 Å². The molecule has 1 rings (SSSR count). The molecular formula is C12H15BrFNO2. The number of halogens is 2. The number of rotatable bonds is 5. The summed E-state index contributed by atoms with van der Waals surface area (Å²) in [7, 11) is 0. The Morgan fingerprint density at radius 3 is 2.82 bits per heavy atom. The first-order valence-corrected chi connectivity index (χ1v) is 6.13. The molecule has 0 aliphatic rings. The summed E-state index contributed by atoms with van der Waals surface area (Å²) in [6.45, 7) is 3.71. The number of hydrogen-bond donors (Lipinski definition) is 2. The van der Waals surface area contributed by atoms with Crippen LogP contribution < -0.4 is 5.32 Å². The van der Waals surface area contributed by atoms with E-state index >= 15 is 0 Å². The average molecular weight is 304 g/mol. The van der Waals surface area contributed by atoms with E-state index in [1.807, 2.05) is 13.8 Å². The quantitative estimate of drug-likeness (QED) is 0.874. The first-order valence-electron chi connectivity index (χ1n) is 5.34. The highest BCUT2D eigenvalue weighted by Gasteiger charge is 2.09. The van der Waals surface area contributed by atoms with Crippen LogP contribution in [0.1, 0.15) is 25.3 Å². The third-order valence-corrected chi connectivity index (χ3v) is 3.07. The number of carbonyl (C=O) groups is 1. The largest absolute Gasteiger partial charge is 0.481 e. The van der Waals surface area contributed by atoms with Crippen LogP contribution in [-0.2, 0) is 4.79 Å². The van der Waals surface area contributed by atoms with Crippen LogP contribution in [0.4, 0.5) is 10.1 Å². The van der Waals surface area contributed by atoms with Gasteiger partial charge >= 0.3 is 5.97 Å². The van der Waals surface area contributed by atoms with Crippen LogP contribution in [0.2, 0.25) is 0 Å². The second-order valence-electron chi connectivity index (χ2n) is 4.06. The molecule has 0 heterocycles. The Hall–Kier alpha value is -1.10. The molecule has 0 saturated carbocycles. The summed E-state index contributed by atoms with van der Waals surface area (Å²) in [4.78, 5) is 10.4. The number of anilines is 1.